The van der Waals surface area contributed by atoms with Crippen molar-refractivity contribution in [1.29, 1.82) is 0 Å². The fourth-order valence-corrected chi connectivity index (χ4v) is 0.711. The van der Waals surface area contributed by atoms with Crippen LogP contribution in [0.25, 0.3) is 0 Å². The molecule has 0 fully saturated rings. The smallest absolute Gasteiger partial charge is 0.293 e. The standard InChI is InChI=1S/C5H9N5O2/c1-9-3-7-10(5(9)12)2-4(11)8-6/h3H,2,6H2,1H3,(H,8,11). The third-order valence-electron chi connectivity index (χ3n) is 1.34. The van der Waals surface area contributed by atoms with E-state index in [-0.39, 0.29) is 12.2 Å². The summed E-state index contributed by atoms with van der Waals surface area (Å²) in [5.41, 5.74) is 1.55. The van der Waals surface area contributed by atoms with Crippen LogP contribution in [0, 0.1) is 0 Å². The van der Waals surface area contributed by atoms with E-state index in [0.717, 1.165) is 4.68 Å². The number of aromatic nitrogens is 3. The zero-order valence-electron chi connectivity index (χ0n) is 6.52. The Kier molecular flexibility index (Phi) is 2.24. The lowest BCUT2D eigenvalue weighted by Crippen LogP contribution is -2.36. The molecule has 0 aliphatic heterocycles. The van der Waals surface area contributed by atoms with Crippen LogP contribution in [0.15, 0.2) is 11.1 Å². The lowest BCUT2D eigenvalue weighted by atomic mass is 10.6. The number of carbonyl (C=O) groups is 1. The van der Waals surface area contributed by atoms with Crippen molar-refractivity contribution in [2.75, 3.05) is 0 Å². The molecular formula is C5H9N5O2. The second-order valence-corrected chi connectivity index (χ2v) is 2.25. The number of rotatable bonds is 2. The molecule has 66 valence electrons. The summed E-state index contributed by atoms with van der Waals surface area (Å²) in [4.78, 5) is 21.8. The van der Waals surface area contributed by atoms with E-state index in [2.05, 4.69) is 5.10 Å². The van der Waals surface area contributed by atoms with Crippen molar-refractivity contribution in [3.05, 3.63) is 16.8 Å². The van der Waals surface area contributed by atoms with E-state index in [9.17, 15) is 9.59 Å². The highest BCUT2D eigenvalue weighted by molar-refractivity contribution is 5.74. The highest BCUT2D eigenvalue weighted by atomic mass is 16.2. The van der Waals surface area contributed by atoms with Crippen molar-refractivity contribution in [2.45, 2.75) is 6.54 Å². The van der Waals surface area contributed by atoms with Gasteiger partial charge in [-0.25, -0.2) is 15.3 Å². The van der Waals surface area contributed by atoms with Gasteiger partial charge in [-0.2, -0.15) is 5.10 Å². The number of nitrogens with zero attached hydrogens (tertiary/aromatic N) is 3. The average molecular weight is 171 g/mol. The molecule has 1 amide bonds. The van der Waals surface area contributed by atoms with Crippen LogP contribution in [0.5, 0.6) is 0 Å². The minimum atomic E-state index is -0.462. The first-order chi connectivity index (χ1) is 5.65. The zero-order chi connectivity index (χ0) is 9.14. The summed E-state index contributed by atoms with van der Waals surface area (Å²) in [5, 5.41) is 3.65. The molecule has 0 saturated carbocycles. The number of carbonyl (C=O) groups excluding carboxylic acids is 1. The first-order valence-corrected chi connectivity index (χ1v) is 3.23. The van der Waals surface area contributed by atoms with Crippen LogP contribution in [-0.4, -0.2) is 20.3 Å². The van der Waals surface area contributed by atoms with Crippen molar-refractivity contribution in [2.24, 2.45) is 12.9 Å². The predicted molar refractivity (Wildman–Crippen MR) is 39.8 cm³/mol. The van der Waals surface area contributed by atoms with Gasteiger partial charge < -0.3 is 0 Å². The minimum absolute atomic E-state index is 0.157. The van der Waals surface area contributed by atoms with Gasteiger partial charge in [-0.05, 0) is 0 Å². The molecule has 0 spiro atoms. The summed E-state index contributed by atoms with van der Waals surface area (Å²) in [6.07, 6.45) is 1.33. The molecule has 0 aromatic carbocycles. The topological polar surface area (TPSA) is 94.9 Å². The van der Waals surface area contributed by atoms with Crippen LogP contribution >= 0.6 is 0 Å². The van der Waals surface area contributed by atoms with Crippen LogP contribution in [-0.2, 0) is 18.4 Å². The maximum atomic E-state index is 11.1. The highest BCUT2D eigenvalue weighted by Gasteiger charge is 2.05. The van der Waals surface area contributed by atoms with E-state index in [1.807, 2.05) is 5.43 Å². The summed E-state index contributed by atoms with van der Waals surface area (Å²) in [6.45, 7) is -0.157. The summed E-state index contributed by atoms with van der Waals surface area (Å²) in [7, 11) is 1.55. The molecule has 3 N–H and O–H groups in total. The maximum absolute atomic E-state index is 11.1. The van der Waals surface area contributed by atoms with Crippen LogP contribution in [0.2, 0.25) is 0 Å². The Labute approximate surface area is 67.7 Å². The predicted octanol–water partition coefficient (Wildman–Crippen LogP) is -2.43. The van der Waals surface area contributed by atoms with Gasteiger partial charge in [-0.1, -0.05) is 0 Å². The van der Waals surface area contributed by atoms with E-state index in [1.54, 1.807) is 7.05 Å². The summed E-state index contributed by atoms with van der Waals surface area (Å²) in [5.74, 6) is 4.37. The second kappa shape index (κ2) is 3.18. The van der Waals surface area contributed by atoms with E-state index < -0.39 is 5.91 Å². The number of nitrogens with two attached hydrogens (primary N) is 1. The Morgan fingerprint density at radius 2 is 2.50 bits per heavy atom. The Balaban J connectivity index is 2.83. The molecule has 7 heteroatoms. The molecular weight excluding hydrogens is 162 g/mol. The molecule has 0 saturated heterocycles. The Bertz CT molecular complexity index is 338. The lowest BCUT2D eigenvalue weighted by molar-refractivity contribution is -0.121. The molecule has 1 rings (SSSR count). The first-order valence-electron chi connectivity index (χ1n) is 3.23. The van der Waals surface area contributed by atoms with Crippen LogP contribution < -0.4 is 17.0 Å². The van der Waals surface area contributed by atoms with Gasteiger partial charge in [0.1, 0.15) is 12.9 Å². The number of amides is 1. The van der Waals surface area contributed by atoms with Gasteiger partial charge in [-0.15, -0.1) is 0 Å². The van der Waals surface area contributed by atoms with Gasteiger partial charge in [0, 0.05) is 7.05 Å². The number of hydrogen-bond donors (Lipinski definition) is 2. The summed E-state index contributed by atoms with van der Waals surface area (Å²) >= 11 is 0. The maximum Gasteiger partial charge on any atom is 0.345 e. The molecule has 0 atom stereocenters. The van der Waals surface area contributed by atoms with Crippen LogP contribution in [0.1, 0.15) is 0 Å². The van der Waals surface area contributed by atoms with Gasteiger partial charge in [0.2, 0.25) is 0 Å². The largest absolute Gasteiger partial charge is 0.345 e. The molecule has 0 aliphatic carbocycles. The van der Waals surface area contributed by atoms with Crippen molar-refractivity contribution in [3.8, 4) is 0 Å². The van der Waals surface area contributed by atoms with Crippen molar-refractivity contribution < 1.29 is 4.79 Å². The van der Waals surface area contributed by atoms with Crippen molar-refractivity contribution >= 4 is 5.91 Å². The first kappa shape index (κ1) is 8.47. The van der Waals surface area contributed by atoms with Gasteiger partial charge in [0.15, 0.2) is 0 Å². The SMILES string of the molecule is Cn1cnn(CC(=O)NN)c1=O. The second-order valence-electron chi connectivity index (χ2n) is 2.25. The van der Waals surface area contributed by atoms with Gasteiger partial charge in [-0.3, -0.25) is 14.8 Å². The fraction of sp³-hybridized carbons (Fsp3) is 0.400. The van der Waals surface area contributed by atoms with E-state index in [1.165, 1.54) is 10.9 Å². The normalized spacial score (nSPS) is 9.83. The quantitative estimate of drug-likeness (QED) is 0.294. The minimum Gasteiger partial charge on any atom is -0.293 e. The third kappa shape index (κ3) is 1.51. The number of nitrogens with one attached hydrogen (secondary N) is 1. The van der Waals surface area contributed by atoms with E-state index >= 15 is 0 Å². The summed E-state index contributed by atoms with van der Waals surface area (Å²) < 4.78 is 2.28. The molecule has 1 aromatic heterocycles. The third-order valence-corrected chi connectivity index (χ3v) is 1.34. The van der Waals surface area contributed by atoms with E-state index in [4.69, 9.17) is 5.84 Å². The highest BCUT2D eigenvalue weighted by Crippen LogP contribution is 1.75. The van der Waals surface area contributed by atoms with Crippen molar-refractivity contribution in [1.82, 2.24) is 19.8 Å². The van der Waals surface area contributed by atoms with Crippen molar-refractivity contribution in [3.63, 3.8) is 0 Å². The molecule has 0 radical (unpaired) electrons. The van der Waals surface area contributed by atoms with Crippen LogP contribution in [0.3, 0.4) is 0 Å². The molecule has 0 unspecified atom stereocenters. The molecule has 1 aromatic rings. The Hall–Kier alpha value is -1.63. The zero-order valence-corrected chi connectivity index (χ0v) is 6.52. The average Bonchev–Trinajstić information content (AvgIpc) is 2.36. The Morgan fingerprint density at radius 1 is 1.83 bits per heavy atom. The number of hydrogen-bond acceptors (Lipinski definition) is 4. The van der Waals surface area contributed by atoms with Gasteiger partial charge in [0.05, 0.1) is 0 Å². The fourth-order valence-electron chi connectivity index (χ4n) is 0.711. The Morgan fingerprint density at radius 3 is 2.92 bits per heavy atom. The molecule has 12 heavy (non-hydrogen) atoms. The lowest BCUT2D eigenvalue weighted by Gasteiger charge is -1.96. The van der Waals surface area contributed by atoms with Gasteiger partial charge in [0.25, 0.3) is 5.91 Å². The molecule has 0 aliphatic rings. The van der Waals surface area contributed by atoms with Gasteiger partial charge >= 0.3 is 5.69 Å². The molecule has 0 bridgehead atoms. The van der Waals surface area contributed by atoms with E-state index in [0.29, 0.717) is 0 Å². The van der Waals surface area contributed by atoms with Crippen LogP contribution in [0.4, 0.5) is 0 Å². The molecule has 7 nitrogen and oxygen atoms in total. The molecule has 1 heterocycles. The monoisotopic (exact) mass is 171 g/mol. The number of hydrazine groups is 1. The summed E-state index contributed by atoms with van der Waals surface area (Å²) in [6, 6.07) is 0. The number of aryl methyl sites for hydroxylation is 1.